The number of nitrogens with two attached hydrogens (primary N) is 1. The van der Waals surface area contributed by atoms with Gasteiger partial charge in [0.05, 0.1) is 0 Å². The molecule has 0 atom stereocenters. The van der Waals surface area contributed by atoms with Gasteiger partial charge < -0.3 is 5.73 Å². The summed E-state index contributed by atoms with van der Waals surface area (Å²) in [4.78, 5) is 6.24. The van der Waals surface area contributed by atoms with Crippen LogP contribution in [0.1, 0.15) is 11.1 Å². The molecule has 1 aromatic carbocycles. The minimum Gasteiger partial charge on any atom is -0.384 e. The molecule has 3 heteroatoms. The van der Waals surface area contributed by atoms with E-state index in [1.165, 1.54) is 11.1 Å². The molecule has 0 saturated carbocycles. The quantitative estimate of drug-likeness (QED) is 0.871. The summed E-state index contributed by atoms with van der Waals surface area (Å²) < 4.78 is 0. The molecule has 0 fully saturated rings. The zero-order valence-corrected chi connectivity index (χ0v) is 10.0. The summed E-state index contributed by atoms with van der Waals surface area (Å²) in [7, 11) is 2.10. The van der Waals surface area contributed by atoms with Crippen LogP contribution in [-0.2, 0) is 13.1 Å². The largest absolute Gasteiger partial charge is 0.384 e. The van der Waals surface area contributed by atoms with E-state index in [4.69, 9.17) is 5.73 Å². The summed E-state index contributed by atoms with van der Waals surface area (Å²) in [6.45, 7) is 1.81. The van der Waals surface area contributed by atoms with Crippen LogP contribution in [0.5, 0.6) is 0 Å². The number of hydrogen-bond donors (Lipinski definition) is 1. The molecule has 17 heavy (non-hydrogen) atoms. The van der Waals surface area contributed by atoms with Gasteiger partial charge in [-0.25, -0.2) is 4.98 Å². The highest BCUT2D eigenvalue weighted by molar-refractivity contribution is 5.31. The predicted octanol–water partition coefficient (Wildman–Crippen LogP) is 2.30. The van der Waals surface area contributed by atoms with Crippen molar-refractivity contribution >= 4 is 5.82 Å². The van der Waals surface area contributed by atoms with Crippen LogP contribution in [0.2, 0.25) is 0 Å². The second-order valence-corrected chi connectivity index (χ2v) is 4.25. The number of hydrogen-bond acceptors (Lipinski definition) is 3. The minimum absolute atomic E-state index is 0.579. The zero-order valence-electron chi connectivity index (χ0n) is 10.0. The summed E-state index contributed by atoms with van der Waals surface area (Å²) in [5.74, 6) is 0.579. The fourth-order valence-electron chi connectivity index (χ4n) is 1.86. The van der Waals surface area contributed by atoms with E-state index in [2.05, 4.69) is 41.2 Å². The molecule has 2 aromatic rings. The van der Waals surface area contributed by atoms with Gasteiger partial charge in [-0.1, -0.05) is 30.3 Å². The highest BCUT2D eigenvalue weighted by Gasteiger charge is 2.02. The maximum Gasteiger partial charge on any atom is 0.123 e. The van der Waals surface area contributed by atoms with E-state index >= 15 is 0 Å². The standard InChI is InChI=1S/C14H17N3/c1-17(10-12-5-3-2-4-6-12)11-13-7-8-16-14(15)9-13/h2-9H,10-11H2,1H3,(H2,15,16). The summed E-state index contributed by atoms with van der Waals surface area (Å²) >= 11 is 0. The Morgan fingerprint density at radius 1 is 1.06 bits per heavy atom. The topological polar surface area (TPSA) is 42.2 Å². The molecule has 1 heterocycles. The van der Waals surface area contributed by atoms with Gasteiger partial charge in [0, 0.05) is 19.3 Å². The first-order chi connectivity index (χ1) is 8.24. The lowest BCUT2D eigenvalue weighted by Crippen LogP contribution is -2.17. The second-order valence-electron chi connectivity index (χ2n) is 4.25. The van der Waals surface area contributed by atoms with Crippen molar-refractivity contribution in [2.45, 2.75) is 13.1 Å². The first kappa shape index (κ1) is 11.6. The summed E-state index contributed by atoms with van der Waals surface area (Å²) in [6, 6.07) is 14.3. The first-order valence-electron chi connectivity index (χ1n) is 5.67. The van der Waals surface area contributed by atoms with Gasteiger partial charge in [0.25, 0.3) is 0 Å². The van der Waals surface area contributed by atoms with Gasteiger partial charge in [0.2, 0.25) is 0 Å². The molecule has 1 aromatic heterocycles. The van der Waals surface area contributed by atoms with Gasteiger partial charge in [-0.2, -0.15) is 0 Å². The van der Waals surface area contributed by atoms with Crippen molar-refractivity contribution in [1.82, 2.24) is 9.88 Å². The molecule has 0 aliphatic rings. The Morgan fingerprint density at radius 2 is 1.76 bits per heavy atom. The lowest BCUT2D eigenvalue weighted by molar-refractivity contribution is 0.319. The molecule has 0 amide bonds. The molecular weight excluding hydrogens is 210 g/mol. The van der Waals surface area contributed by atoms with Crippen molar-refractivity contribution in [3.05, 3.63) is 59.8 Å². The first-order valence-corrected chi connectivity index (χ1v) is 5.67. The molecule has 0 spiro atoms. The Kier molecular flexibility index (Phi) is 3.73. The van der Waals surface area contributed by atoms with Crippen molar-refractivity contribution in [2.24, 2.45) is 0 Å². The van der Waals surface area contributed by atoms with Crippen LogP contribution in [0.3, 0.4) is 0 Å². The Balaban J connectivity index is 1.96. The molecule has 0 aliphatic heterocycles. The molecule has 88 valence electrons. The van der Waals surface area contributed by atoms with Crippen molar-refractivity contribution in [3.63, 3.8) is 0 Å². The van der Waals surface area contributed by atoms with Crippen LogP contribution in [0.4, 0.5) is 5.82 Å². The van der Waals surface area contributed by atoms with E-state index in [0.717, 1.165) is 13.1 Å². The molecule has 2 N–H and O–H groups in total. The molecule has 0 saturated heterocycles. The van der Waals surface area contributed by atoms with E-state index in [1.807, 2.05) is 18.2 Å². The van der Waals surface area contributed by atoms with Crippen LogP contribution in [-0.4, -0.2) is 16.9 Å². The highest BCUT2D eigenvalue weighted by atomic mass is 15.1. The SMILES string of the molecule is CN(Cc1ccccc1)Cc1ccnc(N)c1. The fourth-order valence-corrected chi connectivity index (χ4v) is 1.86. The van der Waals surface area contributed by atoms with Crippen LogP contribution < -0.4 is 5.73 Å². The van der Waals surface area contributed by atoms with Crippen LogP contribution in [0.15, 0.2) is 48.7 Å². The van der Waals surface area contributed by atoms with Gasteiger partial charge in [-0.3, -0.25) is 4.90 Å². The second kappa shape index (κ2) is 5.46. The van der Waals surface area contributed by atoms with Crippen LogP contribution >= 0.6 is 0 Å². The molecule has 0 radical (unpaired) electrons. The van der Waals surface area contributed by atoms with E-state index in [9.17, 15) is 0 Å². The Labute approximate surface area is 102 Å². The van der Waals surface area contributed by atoms with Crippen molar-refractivity contribution in [3.8, 4) is 0 Å². The molecular formula is C14H17N3. The molecule has 2 rings (SSSR count). The Morgan fingerprint density at radius 3 is 2.47 bits per heavy atom. The van der Waals surface area contributed by atoms with E-state index in [0.29, 0.717) is 5.82 Å². The maximum absolute atomic E-state index is 5.66. The number of nitrogen functional groups attached to an aromatic ring is 1. The van der Waals surface area contributed by atoms with E-state index < -0.39 is 0 Å². The maximum atomic E-state index is 5.66. The van der Waals surface area contributed by atoms with Crippen molar-refractivity contribution in [2.75, 3.05) is 12.8 Å². The highest BCUT2D eigenvalue weighted by Crippen LogP contribution is 2.09. The number of aromatic nitrogens is 1. The third-order valence-electron chi connectivity index (χ3n) is 2.59. The van der Waals surface area contributed by atoms with E-state index in [1.54, 1.807) is 6.20 Å². The lowest BCUT2D eigenvalue weighted by Gasteiger charge is -2.16. The normalized spacial score (nSPS) is 10.7. The minimum atomic E-state index is 0.579. The van der Waals surface area contributed by atoms with Gasteiger partial charge in [-0.15, -0.1) is 0 Å². The summed E-state index contributed by atoms with van der Waals surface area (Å²) in [5, 5.41) is 0. The fraction of sp³-hybridized carbons (Fsp3) is 0.214. The average Bonchev–Trinajstić information content (AvgIpc) is 2.30. The lowest BCUT2D eigenvalue weighted by atomic mass is 10.2. The predicted molar refractivity (Wildman–Crippen MR) is 70.3 cm³/mol. The Bertz CT molecular complexity index is 468. The van der Waals surface area contributed by atoms with Crippen molar-refractivity contribution in [1.29, 1.82) is 0 Å². The van der Waals surface area contributed by atoms with Crippen molar-refractivity contribution < 1.29 is 0 Å². The van der Waals surface area contributed by atoms with Gasteiger partial charge in [0.15, 0.2) is 0 Å². The van der Waals surface area contributed by atoms with Crippen LogP contribution in [0.25, 0.3) is 0 Å². The molecule has 0 bridgehead atoms. The number of rotatable bonds is 4. The van der Waals surface area contributed by atoms with E-state index in [-0.39, 0.29) is 0 Å². The molecule has 3 nitrogen and oxygen atoms in total. The molecule has 0 unspecified atom stereocenters. The smallest absolute Gasteiger partial charge is 0.123 e. The Hall–Kier alpha value is -1.87. The number of benzene rings is 1. The zero-order chi connectivity index (χ0) is 12.1. The van der Waals surface area contributed by atoms with Gasteiger partial charge >= 0.3 is 0 Å². The summed E-state index contributed by atoms with van der Waals surface area (Å²) in [6.07, 6.45) is 1.75. The third kappa shape index (κ3) is 3.57. The van der Waals surface area contributed by atoms with Crippen LogP contribution in [0, 0.1) is 0 Å². The van der Waals surface area contributed by atoms with Gasteiger partial charge in [0.1, 0.15) is 5.82 Å². The monoisotopic (exact) mass is 227 g/mol. The number of pyridine rings is 1. The number of anilines is 1. The number of nitrogens with zero attached hydrogens (tertiary/aromatic N) is 2. The third-order valence-corrected chi connectivity index (χ3v) is 2.59. The summed E-state index contributed by atoms with van der Waals surface area (Å²) in [5.41, 5.74) is 8.16. The average molecular weight is 227 g/mol. The molecule has 0 aliphatic carbocycles. The van der Waals surface area contributed by atoms with Gasteiger partial charge in [-0.05, 0) is 30.3 Å².